The van der Waals surface area contributed by atoms with Crippen LogP contribution in [0.2, 0.25) is 0 Å². The van der Waals surface area contributed by atoms with Crippen molar-refractivity contribution in [2.45, 2.75) is 9.79 Å². The van der Waals surface area contributed by atoms with E-state index in [-0.39, 0.29) is 15.5 Å². The molecule has 0 spiro atoms. The highest BCUT2D eigenvalue weighted by atomic mass is 32.2. The number of nitriles is 1. The number of nitrogens with one attached hydrogen (secondary N) is 5. The lowest BCUT2D eigenvalue weighted by atomic mass is 10.1. The maximum Gasteiger partial charge on any atom is 0.272 e. The average molecular weight is 472 g/mol. The van der Waals surface area contributed by atoms with Gasteiger partial charge in [-0.1, -0.05) is 30.3 Å². The average Bonchev–Trinajstić information content (AvgIpc) is 3.55. The van der Waals surface area contributed by atoms with Crippen molar-refractivity contribution in [1.82, 2.24) is 21.5 Å². The van der Waals surface area contributed by atoms with Gasteiger partial charge in [-0.3, -0.25) is 10.2 Å². The van der Waals surface area contributed by atoms with Crippen LogP contribution in [0, 0.1) is 11.3 Å². The molecule has 1 aliphatic heterocycles. The summed E-state index contributed by atoms with van der Waals surface area (Å²) in [6, 6.07) is 21.4. The van der Waals surface area contributed by atoms with Gasteiger partial charge in [0.1, 0.15) is 5.69 Å². The highest BCUT2D eigenvalue weighted by molar-refractivity contribution is 7.91. The second kappa shape index (κ2) is 8.36. The predicted molar refractivity (Wildman–Crippen MR) is 125 cm³/mol. The van der Waals surface area contributed by atoms with Gasteiger partial charge in [-0.2, -0.15) is 5.26 Å². The quantitative estimate of drug-likeness (QED) is 0.300. The summed E-state index contributed by atoms with van der Waals surface area (Å²) in [5, 5.41) is 16.6. The molecule has 0 radical (unpaired) electrons. The molecule has 0 atom stereocenters. The number of hydrazine groups is 2. The van der Waals surface area contributed by atoms with Gasteiger partial charge in [0.15, 0.2) is 5.84 Å². The van der Waals surface area contributed by atoms with E-state index in [1.165, 1.54) is 18.2 Å². The van der Waals surface area contributed by atoms with E-state index in [9.17, 15) is 18.5 Å². The number of carbonyl (C=O) groups is 1. The molecule has 0 saturated heterocycles. The third-order valence-corrected chi connectivity index (χ3v) is 7.07. The number of H-pyrrole nitrogens is 1. The Labute approximate surface area is 194 Å². The van der Waals surface area contributed by atoms with Crippen molar-refractivity contribution in [3.8, 4) is 6.07 Å². The maximum absolute atomic E-state index is 13.2. The minimum Gasteiger partial charge on any atom is -0.349 e. The van der Waals surface area contributed by atoms with Gasteiger partial charge >= 0.3 is 0 Å². The Morgan fingerprint density at radius 2 is 1.82 bits per heavy atom. The van der Waals surface area contributed by atoms with Gasteiger partial charge in [-0.05, 0) is 42.5 Å². The summed E-state index contributed by atoms with van der Waals surface area (Å²) in [4.78, 5) is 16.3. The van der Waals surface area contributed by atoms with E-state index in [4.69, 9.17) is 0 Å². The lowest BCUT2D eigenvalue weighted by Crippen LogP contribution is -2.35. The Bertz CT molecular complexity index is 1600. The summed E-state index contributed by atoms with van der Waals surface area (Å²) in [6.07, 6.45) is 0. The number of para-hydroxylation sites is 1. The minimum atomic E-state index is -3.79. The summed E-state index contributed by atoms with van der Waals surface area (Å²) in [6.45, 7) is 0. The zero-order valence-corrected chi connectivity index (χ0v) is 18.3. The number of amides is 1. The minimum absolute atomic E-state index is 0.0796. The fraction of sp³-hybridized carbons (Fsp3) is 0. The van der Waals surface area contributed by atoms with Gasteiger partial charge in [-0.15, -0.1) is 10.6 Å². The first-order valence-electron chi connectivity index (χ1n) is 10.1. The molecule has 0 aliphatic carbocycles. The van der Waals surface area contributed by atoms with Crippen molar-refractivity contribution < 1.29 is 13.2 Å². The molecule has 4 aromatic rings. The number of nitrogens with zero attached hydrogens (tertiary/aromatic N) is 2. The molecule has 5 rings (SSSR count). The van der Waals surface area contributed by atoms with Crippen LogP contribution >= 0.6 is 0 Å². The SMILES string of the molecule is N#Cc1ccc(NC(=O)c2cc3cccc(S(=O)(=O)c4ccccc4)c3[nH]2)c(C2=NNNN2)c1. The van der Waals surface area contributed by atoms with E-state index < -0.39 is 15.7 Å². The summed E-state index contributed by atoms with van der Waals surface area (Å²) in [5.41, 5.74) is 9.76. The topological polar surface area (TPSA) is 151 Å². The van der Waals surface area contributed by atoms with Gasteiger partial charge in [0.25, 0.3) is 5.91 Å². The van der Waals surface area contributed by atoms with Gasteiger partial charge in [0, 0.05) is 10.9 Å². The summed E-state index contributed by atoms with van der Waals surface area (Å²) in [5.74, 6) is -0.0926. The summed E-state index contributed by atoms with van der Waals surface area (Å²) in [7, 11) is -3.79. The molecule has 0 saturated carbocycles. The molecule has 2 heterocycles. The number of hydrogen-bond acceptors (Lipinski definition) is 8. The number of amidine groups is 1. The highest BCUT2D eigenvalue weighted by Crippen LogP contribution is 2.29. The van der Waals surface area contributed by atoms with Crippen molar-refractivity contribution in [2.24, 2.45) is 5.10 Å². The molecule has 0 bridgehead atoms. The number of aromatic amines is 1. The lowest BCUT2D eigenvalue weighted by Gasteiger charge is -2.10. The van der Waals surface area contributed by atoms with Crippen molar-refractivity contribution in [3.63, 3.8) is 0 Å². The van der Waals surface area contributed by atoms with Crippen molar-refractivity contribution in [2.75, 3.05) is 5.32 Å². The third kappa shape index (κ3) is 3.73. The van der Waals surface area contributed by atoms with Crippen molar-refractivity contribution in [3.05, 3.63) is 89.6 Å². The third-order valence-electron chi connectivity index (χ3n) is 5.26. The molecular formula is C23H17N7O3S. The normalized spacial score (nSPS) is 13.0. The van der Waals surface area contributed by atoms with E-state index in [1.807, 2.05) is 0 Å². The number of hydrogen-bond donors (Lipinski definition) is 5. The van der Waals surface area contributed by atoms with Crippen LogP contribution in [0.5, 0.6) is 0 Å². The molecule has 0 fully saturated rings. The molecule has 0 unspecified atom stereocenters. The second-order valence-electron chi connectivity index (χ2n) is 7.37. The molecule has 10 nitrogen and oxygen atoms in total. The zero-order valence-electron chi connectivity index (χ0n) is 17.5. The summed E-state index contributed by atoms with van der Waals surface area (Å²) < 4.78 is 26.4. The number of anilines is 1. The van der Waals surface area contributed by atoms with Crippen LogP contribution < -0.4 is 21.8 Å². The lowest BCUT2D eigenvalue weighted by molar-refractivity contribution is 0.102. The number of sulfone groups is 1. The number of rotatable bonds is 5. The highest BCUT2D eigenvalue weighted by Gasteiger charge is 2.23. The molecule has 3 aromatic carbocycles. The first-order valence-corrected chi connectivity index (χ1v) is 11.6. The molecule has 168 valence electrons. The maximum atomic E-state index is 13.2. The van der Waals surface area contributed by atoms with Crippen LogP contribution in [-0.2, 0) is 9.84 Å². The van der Waals surface area contributed by atoms with Crippen LogP contribution in [0.15, 0.2) is 87.7 Å². The summed E-state index contributed by atoms with van der Waals surface area (Å²) >= 11 is 0. The Balaban J connectivity index is 1.52. The monoisotopic (exact) mass is 471 g/mol. The largest absolute Gasteiger partial charge is 0.349 e. The number of hydrazone groups is 1. The molecule has 1 aromatic heterocycles. The van der Waals surface area contributed by atoms with Crippen LogP contribution in [0.3, 0.4) is 0 Å². The van der Waals surface area contributed by atoms with E-state index in [0.717, 1.165) is 0 Å². The van der Waals surface area contributed by atoms with Crippen LogP contribution in [0.1, 0.15) is 21.6 Å². The molecule has 11 heteroatoms. The Hall–Kier alpha value is -4.66. The van der Waals surface area contributed by atoms with Gasteiger partial charge in [0.2, 0.25) is 9.84 Å². The van der Waals surface area contributed by atoms with Crippen LogP contribution in [-0.4, -0.2) is 25.1 Å². The first kappa shape index (κ1) is 21.2. The smallest absolute Gasteiger partial charge is 0.272 e. The Morgan fingerprint density at radius 1 is 1.00 bits per heavy atom. The van der Waals surface area contributed by atoms with Crippen molar-refractivity contribution in [1.29, 1.82) is 5.26 Å². The molecule has 1 amide bonds. The molecule has 34 heavy (non-hydrogen) atoms. The molecule has 5 N–H and O–H groups in total. The number of benzene rings is 3. The van der Waals surface area contributed by atoms with Crippen molar-refractivity contribution >= 4 is 38.2 Å². The van der Waals surface area contributed by atoms with Gasteiger partial charge in [-0.25, -0.2) is 14.0 Å². The van der Waals surface area contributed by atoms with Crippen LogP contribution in [0.25, 0.3) is 10.9 Å². The number of carbonyl (C=O) groups excluding carboxylic acids is 1. The van der Waals surface area contributed by atoms with Gasteiger partial charge < -0.3 is 10.3 Å². The zero-order chi connectivity index (χ0) is 23.7. The van der Waals surface area contributed by atoms with E-state index in [2.05, 4.69) is 38.0 Å². The fourth-order valence-electron chi connectivity index (χ4n) is 3.64. The molecule has 1 aliphatic rings. The Kier molecular flexibility index (Phi) is 5.21. The number of fused-ring (bicyclic) bond motifs is 1. The van der Waals surface area contributed by atoms with E-state index >= 15 is 0 Å². The number of aromatic nitrogens is 1. The fourth-order valence-corrected chi connectivity index (χ4v) is 5.10. The van der Waals surface area contributed by atoms with E-state index in [0.29, 0.717) is 33.6 Å². The molecular weight excluding hydrogens is 454 g/mol. The van der Waals surface area contributed by atoms with Crippen LogP contribution in [0.4, 0.5) is 5.69 Å². The van der Waals surface area contributed by atoms with Gasteiger partial charge in [0.05, 0.1) is 32.6 Å². The standard InChI is InChI=1S/C23H17N7O3S/c24-13-14-9-10-18(17(11-14)22-27-29-30-28-22)26-23(31)19-12-15-5-4-8-20(21(15)25-19)34(32,33)16-6-2-1-3-7-16/h1-12,25,29-30H,(H,26,31)(H,27,28). The Morgan fingerprint density at radius 3 is 2.56 bits per heavy atom. The predicted octanol–water partition coefficient (Wildman–Crippen LogP) is 2.40. The van der Waals surface area contributed by atoms with E-state index in [1.54, 1.807) is 54.6 Å². The second-order valence-corrected chi connectivity index (χ2v) is 9.29. The first-order chi connectivity index (χ1) is 16.5.